The van der Waals surface area contributed by atoms with Crippen LogP contribution in [-0.2, 0) is 6.54 Å². The third kappa shape index (κ3) is 2.84. The van der Waals surface area contributed by atoms with Gasteiger partial charge in [0.15, 0.2) is 5.82 Å². The Morgan fingerprint density at radius 3 is 2.88 bits per heavy atom. The molecule has 1 aliphatic rings. The Hall–Kier alpha value is -0.940. The summed E-state index contributed by atoms with van der Waals surface area (Å²) in [5.74, 6) is 1.49. The molecule has 2 heterocycles. The molecule has 1 unspecified atom stereocenters. The Kier molecular flexibility index (Phi) is 3.49. The van der Waals surface area contributed by atoms with Crippen LogP contribution in [-0.4, -0.2) is 35.7 Å². The van der Waals surface area contributed by atoms with E-state index in [9.17, 15) is 0 Å². The number of hydrogen-bond acceptors (Lipinski definition) is 5. The molecular formula is C12H22N4O. The Bertz CT molecular complexity index is 372. The van der Waals surface area contributed by atoms with Crippen molar-refractivity contribution in [2.24, 2.45) is 5.41 Å². The van der Waals surface area contributed by atoms with Crippen LogP contribution in [0.4, 0.5) is 0 Å². The first-order valence-corrected chi connectivity index (χ1v) is 6.19. The summed E-state index contributed by atoms with van der Waals surface area (Å²) >= 11 is 0. The van der Waals surface area contributed by atoms with E-state index in [0.717, 1.165) is 24.8 Å². The van der Waals surface area contributed by atoms with Crippen molar-refractivity contribution in [3.63, 3.8) is 0 Å². The molecule has 1 saturated heterocycles. The number of nitrogens with one attached hydrogen (secondary N) is 1. The van der Waals surface area contributed by atoms with Crippen molar-refractivity contribution >= 4 is 0 Å². The average molecular weight is 238 g/mol. The highest BCUT2D eigenvalue weighted by atomic mass is 16.5. The van der Waals surface area contributed by atoms with Gasteiger partial charge in [-0.2, -0.15) is 4.98 Å². The molecule has 0 saturated carbocycles. The minimum atomic E-state index is 0.180. The Morgan fingerprint density at radius 1 is 1.47 bits per heavy atom. The van der Waals surface area contributed by atoms with Crippen LogP contribution in [0.2, 0.25) is 0 Å². The predicted octanol–water partition coefficient (Wildman–Crippen LogP) is 1.58. The molecular weight excluding hydrogens is 216 g/mol. The summed E-state index contributed by atoms with van der Waals surface area (Å²) in [5, 5.41) is 7.51. The summed E-state index contributed by atoms with van der Waals surface area (Å²) in [6, 6.07) is 0.180. The van der Waals surface area contributed by atoms with Gasteiger partial charge in [-0.1, -0.05) is 19.0 Å². The molecule has 1 aromatic rings. The van der Waals surface area contributed by atoms with Crippen molar-refractivity contribution in [3.05, 3.63) is 11.7 Å². The molecule has 1 aromatic heterocycles. The lowest BCUT2D eigenvalue weighted by atomic mass is 9.77. The summed E-state index contributed by atoms with van der Waals surface area (Å²) < 4.78 is 5.39. The van der Waals surface area contributed by atoms with E-state index in [2.05, 4.69) is 29.3 Å². The second-order valence-corrected chi connectivity index (χ2v) is 5.77. The van der Waals surface area contributed by atoms with E-state index >= 15 is 0 Å². The van der Waals surface area contributed by atoms with Gasteiger partial charge in [-0.15, -0.1) is 0 Å². The van der Waals surface area contributed by atoms with Gasteiger partial charge in [-0.25, -0.2) is 0 Å². The fourth-order valence-corrected chi connectivity index (χ4v) is 2.36. The molecule has 5 heteroatoms. The first-order chi connectivity index (χ1) is 7.99. The zero-order valence-electron chi connectivity index (χ0n) is 11.2. The second kappa shape index (κ2) is 4.74. The highest BCUT2D eigenvalue weighted by Gasteiger charge is 2.36. The molecule has 0 bridgehead atoms. The Morgan fingerprint density at radius 2 is 2.24 bits per heavy atom. The van der Waals surface area contributed by atoms with E-state index in [1.165, 1.54) is 12.8 Å². The van der Waals surface area contributed by atoms with Gasteiger partial charge in [0.05, 0.1) is 12.6 Å². The molecule has 0 radical (unpaired) electrons. The highest BCUT2D eigenvalue weighted by Crippen LogP contribution is 2.39. The largest absolute Gasteiger partial charge is 0.338 e. The SMILES string of the molecule is CN(C)Cc1noc(C2NCCCC2(C)C)n1. The van der Waals surface area contributed by atoms with Gasteiger partial charge < -0.3 is 14.7 Å². The molecule has 0 aliphatic carbocycles. The van der Waals surface area contributed by atoms with Crippen LogP contribution in [0.1, 0.15) is 44.4 Å². The van der Waals surface area contributed by atoms with Crippen LogP contribution < -0.4 is 5.32 Å². The number of aromatic nitrogens is 2. The van der Waals surface area contributed by atoms with E-state index in [-0.39, 0.29) is 11.5 Å². The van der Waals surface area contributed by atoms with Crippen molar-refractivity contribution in [1.29, 1.82) is 0 Å². The molecule has 0 spiro atoms. The number of nitrogens with zero attached hydrogens (tertiary/aromatic N) is 3. The summed E-state index contributed by atoms with van der Waals surface area (Å²) in [4.78, 5) is 6.52. The molecule has 0 aromatic carbocycles. The third-order valence-corrected chi connectivity index (χ3v) is 3.32. The molecule has 2 rings (SSSR count). The van der Waals surface area contributed by atoms with Gasteiger partial charge in [0.25, 0.3) is 0 Å². The molecule has 1 aliphatic heterocycles. The van der Waals surface area contributed by atoms with E-state index in [1.54, 1.807) is 0 Å². The van der Waals surface area contributed by atoms with Crippen LogP contribution in [0.3, 0.4) is 0 Å². The fourth-order valence-electron chi connectivity index (χ4n) is 2.36. The Balaban J connectivity index is 2.13. The molecule has 1 fully saturated rings. The van der Waals surface area contributed by atoms with Crippen molar-refractivity contribution < 1.29 is 4.52 Å². The van der Waals surface area contributed by atoms with Crippen LogP contribution in [0.5, 0.6) is 0 Å². The predicted molar refractivity (Wildman–Crippen MR) is 65.4 cm³/mol. The summed E-state index contributed by atoms with van der Waals surface area (Å²) in [6.07, 6.45) is 2.40. The molecule has 1 atom stereocenters. The standard InChI is InChI=1S/C12H22N4O/c1-12(2)6-5-7-13-10(12)11-14-9(15-17-11)8-16(3)4/h10,13H,5-8H2,1-4H3. The van der Waals surface area contributed by atoms with Gasteiger partial charge in [-0.05, 0) is 38.9 Å². The lowest BCUT2D eigenvalue weighted by molar-refractivity contribution is 0.146. The minimum absolute atomic E-state index is 0.180. The van der Waals surface area contributed by atoms with E-state index in [4.69, 9.17) is 4.52 Å². The number of piperidine rings is 1. The zero-order chi connectivity index (χ0) is 12.5. The van der Waals surface area contributed by atoms with Crippen LogP contribution in [0.25, 0.3) is 0 Å². The molecule has 5 nitrogen and oxygen atoms in total. The molecule has 96 valence electrons. The van der Waals surface area contributed by atoms with Crippen LogP contribution in [0.15, 0.2) is 4.52 Å². The first-order valence-electron chi connectivity index (χ1n) is 6.19. The first kappa shape index (κ1) is 12.5. The molecule has 0 amide bonds. The van der Waals surface area contributed by atoms with E-state index in [1.807, 2.05) is 19.0 Å². The van der Waals surface area contributed by atoms with E-state index in [0.29, 0.717) is 0 Å². The average Bonchev–Trinajstić information content (AvgIpc) is 2.64. The van der Waals surface area contributed by atoms with E-state index < -0.39 is 0 Å². The number of rotatable bonds is 3. The smallest absolute Gasteiger partial charge is 0.244 e. The second-order valence-electron chi connectivity index (χ2n) is 5.77. The minimum Gasteiger partial charge on any atom is -0.338 e. The van der Waals surface area contributed by atoms with Crippen LogP contribution in [0, 0.1) is 5.41 Å². The lowest BCUT2D eigenvalue weighted by Crippen LogP contribution is -2.39. The van der Waals surface area contributed by atoms with Crippen molar-refractivity contribution in [2.75, 3.05) is 20.6 Å². The normalized spacial score (nSPS) is 24.2. The number of hydrogen-bond donors (Lipinski definition) is 1. The highest BCUT2D eigenvalue weighted by molar-refractivity contribution is 5.01. The van der Waals surface area contributed by atoms with Gasteiger partial charge in [-0.3, -0.25) is 0 Å². The maximum atomic E-state index is 5.39. The summed E-state index contributed by atoms with van der Waals surface area (Å²) in [7, 11) is 4.00. The van der Waals surface area contributed by atoms with Crippen LogP contribution >= 0.6 is 0 Å². The van der Waals surface area contributed by atoms with Gasteiger partial charge >= 0.3 is 0 Å². The third-order valence-electron chi connectivity index (χ3n) is 3.32. The van der Waals surface area contributed by atoms with Crippen molar-refractivity contribution in [1.82, 2.24) is 20.4 Å². The monoisotopic (exact) mass is 238 g/mol. The summed E-state index contributed by atoms with van der Waals surface area (Å²) in [5.41, 5.74) is 0.181. The van der Waals surface area contributed by atoms with Crippen molar-refractivity contribution in [3.8, 4) is 0 Å². The zero-order valence-corrected chi connectivity index (χ0v) is 11.2. The molecule has 1 N–H and O–H groups in total. The summed E-state index contributed by atoms with van der Waals surface area (Å²) in [6.45, 7) is 6.25. The quantitative estimate of drug-likeness (QED) is 0.866. The van der Waals surface area contributed by atoms with Gasteiger partial charge in [0.2, 0.25) is 5.89 Å². The maximum absolute atomic E-state index is 5.39. The van der Waals surface area contributed by atoms with Gasteiger partial charge in [0, 0.05) is 0 Å². The maximum Gasteiger partial charge on any atom is 0.244 e. The Labute approximate surface area is 103 Å². The molecule has 17 heavy (non-hydrogen) atoms. The topological polar surface area (TPSA) is 54.2 Å². The fraction of sp³-hybridized carbons (Fsp3) is 0.833. The van der Waals surface area contributed by atoms with Gasteiger partial charge in [0.1, 0.15) is 0 Å². The lowest BCUT2D eigenvalue weighted by Gasteiger charge is -2.36. The van der Waals surface area contributed by atoms with Crippen molar-refractivity contribution in [2.45, 2.75) is 39.3 Å².